The number of nitrogens with zero attached hydrogens (tertiary/aromatic N) is 1. The lowest BCUT2D eigenvalue weighted by Crippen LogP contribution is -2.17. The van der Waals surface area contributed by atoms with Crippen LogP contribution in [0.2, 0.25) is 0 Å². The molecule has 0 saturated carbocycles. The molecule has 1 rings (SSSR count). The highest BCUT2D eigenvalue weighted by molar-refractivity contribution is 9.10. The van der Waals surface area contributed by atoms with Crippen molar-refractivity contribution in [2.24, 2.45) is 5.14 Å². The highest BCUT2D eigenvalue weighted by Gasteiger charge is 2.28. The van der Waals surface area contributed by atoms with Crippen LogP contribution in [0, 0.1) is 0 Å². The maximum Gasteiger partial charge on any atom is 0.266 e. The van der Waals surface area contributed by atoms with E-state index < -0.39 is 32.8 Å². The Bertz CT molecular complexity index is 507. The summed E-state index contributed by atoms with van der Waals surface area (Å²) in [5.41, 5.74) is -0.755. The van der Waals surface area contributed by atoms with Crippen LogP contribution in [0.1, 0.15) is 12.0 Å². The molecule has 5 nitrogen and oxygen atoms in total. The molecular formula is C7H7BrF2N2O3S. The molecule has 1 aromatic rings. The Morgan fingerprint density at radius 1 is 1.56 bits per heavy atom. The van der Waals surface area contributed by atoms with Crippen molar-refractivity contribution in [1.29, 1.82) is 0 Å². The summed E-state index contributed by atoms with van der Waals surface area (Å²) >= 11 is 2.79. The summed E-state index contributed by atoms with van der Waals surface area (Å²) in [7, 11) is -3.23. The van der Waals surface area contributed by atoms with Gasteiger partial charge in [0.1, 0.15) is 0 Å². The van der Waals surface area contributed by atoms with E-state index in [1.54, 1.807) is 0 Å². The predicted octanol–water partition coefficient (Wildman–Crippen LogP) is 1.44. The van der Waals surface area contributed by atoms with E-state index in [2.05, 4.69) is 25.7 Å². The summed E-state index contributed by atoms with van der Waals surface area (Å²) in [6, 6.07) is 0. The van der Waals surface area contributed by atoms with Gasteiger partial charge in [-0.15, -0.1) is 0 Å². The molecule has 0 amide bonds. The third-order valence-corrected chi connectivity index (χ3v) is 3.28. The lowest BCUT2D eigenvalue weighted by Gasteiger charge is -2.11. The molecule has 0 radical (unpaired) electrons. The second-order valence-corrected chi connectivity index (χ2v) is 5.06. The van der Waals surface area contributed by atoms with Crippen molar-refractivity contribution < 1.29 is 21.9 Å². The number of pyridine rings is 1. The standard InChI is InChI=1S/C7H7BrF2N2O3S/c1-15-7-5(16(11,13)14)4(6(9)10)3(8)2-12-7/h2,6H,1H3,(H2,11,13,14). The minimum atomic E-state index is -4.34. The van der Waals surface area contributed by atoms with Crippen molar-refractivity contribution in [3.8, 4) is 5.88 Å². The number of primary sulfonamides is 1. The van der Waals surface area contributed by atoms with Gasteiger partial charge in [0.15, 0.2) is 4.90 Å². The first-order valence-corrected chi connectivity index (χ1v) is 6.16. The van der Waals surface area contributed by atoms with Crippen molar-refractivity contribution >= 4 is 26.0 Å². The molecule has 2 N–H and O–H groups in total. The van der Waals surface area contributed by atoms with Gasteiger partial charge in [0.25, 0.3) is 6.43 Å². The molecule has 0 aliphatic heterocycles. The topological polar surface area (TPSA) is 82.3 Å². The first-order valence-electron chi connectivity index (χ1n) is 3.82. The molecule has 0 spiro atoms. The van der Waals surface area contributed by atoms with Gasteiger partial charge >= 0.3 is 0 Å². The highest BCUT2D eigenvalue weighted by atomic mass is 79.9. The van der Waals surface area contributed by atoms with Gasteiger partial charge in [0.05, 0.1) is 12.7 Å². The number of hydrogen-bond donors (Lipinski definition) is 1. The first-order chi connectivity index (χ1) is 7.29. The van der Waals surface area contributed by atoms with Crippen LogP contribution in [0.3, 0.4) is 0 Å². The summed E-state index contributed by atoms with van der Waals surface area (Å²) in [6.45, 7) is 0. The van der Waals surface area contributed by atoms with Crippen LogP contribution in [-0.4, -0.2) is 20.5 Å². The summed E-state index contributed by atoms with van der Waals surface area (Å²) in [5.74, 6) is -0.457. The molecule has 1 aromatic heterocycles. The number of nitrogens with two attached hydrogens (primary N) is 1. The smallest absolute Gasteiger partial charge is 0.266 e. The van der Waals surface area contributed by atoms with Crippen LogP contribution in [-0.2, 0) is 10.0 Å². The fourth-order valence-corrected chi connectivity index (χ4v) is 2.58. The molecule has 0 bridgehead atoms. The van der Waals surface area contributed by atoms with Crippen molar-refractivity contribution in [2.75, 3.05) is 7.11 Å². The Balaban J connectivity index is 3.70. The largest absolute Gasteiger partial charge is 0.480 e. The molecule has 0 aromatic carbocycles. The Hall–Kier alpha value is -0.800. The van der Waals surface area contributed by atoms with Crippen molar-refractivity contribution in [2.45, 2.75) is 11.3 Å². The van der Waals surface area contributed by atoms with Crippen molar-refractivity contribution in [3.63, 3.8) is 0 Å². The van der Waals surface area contributed by atoms with Crippen LogP contribution in [0.5, 0.6) is 5.88 Å². The Morgan fingerprint density at radius 2 is 2.12 bits per heavy atom. The van der Waals surface area contributed by atoms with E-state index in [9.17, 15) is 17.2 Å². The highest BCUT2D eigenvalue weighted by Crippen LogP contribution is 2.36. The molecular weight excluding hydrogens is 310 g/mol. The monoisotopic (exact) mass is 316 g/mol. The number of sulfonamides is 1. The maximum atomic E-state index is 12.7. The normalized spacial score (nSPS) is 11.9. The summed E-state index contributed by atoms with van der Waals surface area (Å²) in [5, 5.41) is 4.84. The number of aromatic nitrogens is 1. The minimum absolute atomic E-state index is 0.146. The van der Waals surface area contributed by atoms with Gasteiger partial charge in [0.2, 0.25) is 15.9 Å². The molecule has 0 fully saturated rings. The van der Waals surface area contributed by atoms with E-state index in [-0.39, 0.29) is 4.47 Å². The van der Waals surface area contributed by atoms with Gasteiger partial charge in [0, 0.05) is 10.7 Å². The zero-order chi connectivity index (χ0) is 12.5. The fourth-order valence-electron chi connectivity index (χ4n) is 1.09. The van der Waals surface area contributed by atoms with Crippen LogP contribution >= 0.6 is 15.9 Å². The Morgan fingerprint density at radius 3 is 2.50 bits per heavy atom. The third-order valence-electron chi connectivity index (χ3n) is 1.69. The number of hydrogen-bond acceptors (Lipinski definition) is 4. The van der Waals surface area contributed by atoms with Crippen LogP contribution in [0.25, 0.3) is 0 Å². The molecule has 90 valence electrons. The van der Waals surface area contributed by atoms with Crippen molar-refractivity contribution in [3.05, 3.63) is 16.2 Å². The summed E-state index contributed by atoms with van der Waals surface area (Å²) in [6.07, 6.45) is -1.99. The SMILES string of the molecule is COc1ncc(Br)c(C(F)F)c1S(N)(=O)=O. The molecule has 16 heavy (non-hydrogen) atoms. The molecule has 1 heterocycles. The summed E-state index contributed by atoms with van der Waals surface area (Å²) < 4.78 is 52.2. The van der Waals surface area contributed by atoms with Gasteiger partial charge in [-0.25, -0.2) is 27.3 Å². The quantitative estimate of drug-likeness (QED) is 0.914. The average Bonchev–Trinajstić information content (AvgIpc) is 2.15. The Labute approximate surface area is 98.8 Å². The lowest BCUT2D eigenvalue weighted by atomic mass is 10.3. The van der Waals surface area contributed by atoms with Crippen molar-refractivity contribution in [1.82, 2.24) is 4.98 Å². The van der Waals surface area contributed by atoms with Crippen LogP contribution < -0.4 is 9.88 Å². The van der Waals surface area contributed by atoms with Gasteiger partial charge in [-0.05, 0) is 15.9 Å². The zero-order valence-electron chi connectivity index (χ0n) is 7.95. The van der Waals surface area contributed by atoms with Crippen LogP contribution in [0.15, 0.2) is 15.6 Å². The molecule has 0 atom stereocenters. The third kappa shape index (κ3) is 2.47. The molecule has 0 unspecified atom stereocenters. The minimum Gasteiger partial charge on any atom is -0.480 e. The second kappa shape index (κ2) is 4.60. The first kappa shape index (κ1) is 13.3. The van der Waals surface area contributed by atoms with Gasteiger partial charge in [-0.3, -0.25) is 0 Å². The second-order valence-electron chi connectivity index (χ2n) is 2.70. The molecule has 0 saturated heterocycles. The van der Waals surface area contributed by atoms with E-state index in [0.29, 0.717) is 0 Å². The zero-order valence-corrected chi connectivity index (χ0v) is 10.3. The van der Waals surface area contributed by atoms with Gasteiger partial charge < -0.3 is 4.74 Å². The number of halogens is 3. The Kier molecular flexibility index (Phi) is 3.81. The van der Waals surface area contributed by atoms with E-state index in [1.807, 2.05) is 0 Å². The number of alkyl halides is 2. The average molecular weight is 317 g/mol. The number of ether oxygens (including phenoxy) is 1. The lowest BCUT2D eigenvalue weighted by molar-refractivity contribution is 0.146. The van der Waals surface area contributed by atoms with E-state index in [1.165, 1.54) is 0 Å². The predicted molar refractivity (Wildman–Crippen MR) is 54.8 cm³/mol. The summed E-state index contributed by atoms with van der Waals surface area (Å²) in [4.78, 5) is 2.74. The van der Waals surface area contributed by atoms with Crippen LogP contribution in [0.4, 0.5) is 8.78 Å². The molecule has 0 aliphatic rings. The molecule has 0 aliphatic carbocycles. The van der Waals surface area contributed by atoms with Gasteiger partial charge in [-0.1, -0.05) is 0 Å². The fraction of sp³-hybridized carbons (Fsp3) is 0.286. The molecule has 9 heteroatoms. The van der Waals surface area contributed by atoms with Gasteiger partial charge in [-0.2, -0.15) is 0 Å². The van der Waals surface area contributed by atoms with E-state index in [0.717, 1.165) is 13.3 Å². The number of rotatable bonds is 3. The van der Waals surface area contributed by atoms with E-state index in [4.69, 9.17) is 5.14 Å². The van der Waals surface area contributed by atoms with E-state index >= 15 is 0 Å². The number of methoxy groups -OCH3 is 1. The maximum absolute atomic E-state index is 12.7.